The summed E-state index contributed by atoms with van der Waals surface area (Å²) in [4.78, 5) is 24.5. The Kier molecular flexibility index (Phi) is 4.28. The van der Waals surface area contributed by atoms with E-state index in [1.165, 1.54) is 6.42 Å². The molecule has 0 aromatic carbocycles. The van der Waals surface area contributed by atoms with Crippen molar-refractivity contribution in [2.24, 2.45) is 34.5 Å². The molecule has 0 saturated heterocycles. The largest absolute Gasteiger partial charge is 0.381 e. The molecule has 0 aromatic rings. The van der Waals surface area contributed by atoms with Crippen LogP contribution in [0.25, 0.3) is 0 Å². The number of halogens is 1. The van der Waals surface area contributed by atoms with E-state index in [0.29, 0.717) is 35.9 Å². The highest BCUT2D eigenvalue weighted by Crippen LogP contribution is 2.68. The van der Waals surface area contributed by atoms with Gasteiger partial charge in [0.25, 0.3) is 0 Å². The second-order valence-corrected chi connectivity index (χ2v) is 10.4. The first-order valence-electron chi connectivity index (χ1n) is 10.1. The molecule has 0 bridgehead atoms. The lowest BCUT2D eigenvalue weighted by atomic mass is 9.44. The van der Waals surface area contributed by atoms with Crippen molar-refractivity contribution in [1.29, 1.82) is 0 Å². The lowest BCUT2D eigenvalue weighted by Crippen LogP contribution is -2.58. The number of carbonyl (C=O) groups is 2. The van der Waals surface area contributed by atoms with Crippen molar-refractivity contribution in [2.45, 2.75) is 77.2 Å². The van der Waals surface area contributed by atoms with Gasteiger partial charge < -0.3 is 5.11 Å². The number of carbonyl (C=O) groups excluding carboxylic acids is 2. The molecule has 0 aliphatic heterocycles. The van der Waals surface area contributed by atoms with E-state index in [1.807, 2.05) is 0 Å². The van der Waals surface area contributed by atoms with Gasteiger partial charge in [0, 0.05) is 18.3 Å². The van der Waals surface area contributed by atoms with Gasteiger partial charge in [0.05, 0.1) is 5.33 Å². The fourth-order valence-corrected chi connectivity index (χ4v) is 8.09. The Labute approximate surface area is 159 Å². The van der Waals surface area contributed by atoms with Gasteiger partial charge in [-0.25, -0.2) is 0 Å². The van der Waals surface area contributed by atoms with Gasteiger partial charge in [0.15, 0.2) is 5.78 Å². The Morgan fingerprint density at radius 1 is 1.12 bits per heavy atom. The van der Waals surface area contributed by atoms with E-state index in [-0.39, 0.29) is 21.9 Å². The minimum Gasteiger partial charge on any atom is -0.381 e. The maximum atomic E-state index is 12.5. The van der Waals surface area contributed by atoms with Crippen LogP contribution in [0.15, 0.2) is 0 Å². The maximum Gasteiger partial charge on any atom is 0.175 e. The summed E-state index contributed by atoms with van der Waals surface area (Å²) in [5.41, 5.74) is -1.13. The maximum absolute atomic E-state index is 12.5. The van der Waals surface area contributed by atoms with Crippen molar-refractivity contribution in [3.05, 3.63) is 0 Å². The molecule has 4 heteroatoms. The van der Waals surface area contributed by atoms with Gasteiger partial charge in [-0.2, -0.15) is 0 Å². The lowest BCUT2D eigenvalue weighted by Gasteiger charge is -2.60. The first-order valence-corrected chi connectivity index (χ1v) is 11.2. The van der Waals surface area contributed by atoms with E-state index in [0.717, 1.165) is 44.9 Å². The van der Waals surface area contributed by atoms with Gasteiger partial charge >= 0.3 is 0 Å². The molecule has 3 nitrogen and oxygen atoms in total. The van der Waals surface area contributed by atoms with Crippen LogP contribution in [-0.4, -0.2) is 27.6 Å². The summed E-state index contributed by atoms with van der Waals surface area (Å²) in [6.07, 6.45) is 8.58. The molecular formula is C21H31BrO3. The van der Waals surface area contributed by atoms with Crippen LogP contribution in [0.5, 0.6) is 0 Å². The summed E-state index contributed by atoms with van der Waals surface area (Å²) < 4.78 is 0. The normalized spacial score (nSPS) is 52.2. The minimum atomic E-state index is -1.15. The zero-order chi connectivity index (χ0) is 18.0. The second-order valence-electron chi connectivity index (χ2n) is 9.81. The number of aliphatic hydroxyl groups is 1. The van der Waals surface area contributed by atoms with Crippen LogP contribution in [0.1, 0.15) is 71.6 Å². The number of alkyl halides is 1. The average molecular weight is 411 g/mol. The zero-order valence-electron chi connectivity index (χ0n) is 15.5. The Morgan fingerprint density at radius 3 is 2.56 bits per heavy atom. The summed E-state index contributed by atoms with van der Waals surface area (Å²) in [7, 11) is 0. The third kappa shape index (κ3) is 2.32. The molecule has 4 rings (SSSR count). The van der Waals surface area contributed by atoms with Crippen molar-refractivity contribution in [2.75, 3.05) is 5.33 Å². The smallest absolute Gasteiger partial charge is 0.175 e. The summed E-state index contributed by atoms with van der Waals surface area (Å²) in [5, 5.41) is 11.6. The minimum absolute atomic E-state index is 0.0286. The molecule has 0 heterocycles. The van der Waals surface area contributed by atoms with Gasteiger partial charge in [0.2, 0.25) is 0 Å². The van der Waals surface area contributed by atoms with E-state index in [2.05, 4.69) is 29.8 Å². The summed E-state index contributed by atoms with van der Waals surface area (Å²) in [6, 6.07) is 0. The van der Waals surface area contributed by atoms with Crippen LogP contribution in [0.3, 0.4) is 0 Å². The van der Waals surface area contributed by atoms with Crippen molar-refractivity contribution < 1.29 is 14.7 Å². The zero-order valence-corrected chi connectivity index (χ0v) is 17.1. The molecule has 25 heavy (non-hydrogen) atoms. The highest BCUT2D eigenvalue weighted by Gasteiger charge is 2.66. The number of ketones is 2. The standard InChI is InChI=1S/C21H31BrO3/c1-19-8-5-14(23)11-13(19)3-4-15-16(19)6-9-20(2)17(15)7-10-21(20,25)18(24)12-22/h13,15-17,25H,3-12H2,1-2H3/t13?,15-,16+,17+,19+,20+,21+/m1/s1. The quantitative estimate of drug-likeness (QED) is 0.690. The molecule has 0 spiro atoms. The number of fused-ring (bicyclic) bond motifs is 5. The number of hydrogen-bond acceptors (Lipinski definition) is 3. The average Bonchev–Trinajstić information content (AvgIpc) is 2.87. The van der Waals surface area contributed by atoms with Crippen LogP contribution < -0.4 is 0 Å². The molecule has 4 aliphatic rings. The summed E-state index contributed by atoms with van der Waals surface area (Å²) >= 11 is 3.29. The predicted molar refractivity (Wildman–Crippen MR) is 100 cm³/mol. The van der Waals surface area contributed by atoms with E-state index >= 15 is 0 Å². The number of rotatable bonds is 2. The Morgan fingerprint density at radius 2 is 1.84 bits per heavy atom. The van der Waals surface area contributed by atoms with E-state index in [1.54, 1.807) is 0 Å². The van der Waals surface area contributed by atoms with Gasteiger partial charge in [-0.3, -0.25) is 9.59 Å². The molecule has 0 radical (unpaired) electrons. The van der Waals surface area contributed by atoms with Crippen LogP contribution in [0.4, 0.5) is 0 Å². The molecule has 7 atom stereocenters. The third-order valence-corrected chi connectivity index (χ3v) is 9.73. The Bertz CT molecular complexity index is 604. The van der Waals surface area contributed by atoms with Gasteiger partial charge in [-0.1, -0.05) is 29.8 Å². The molecule has 140 valence electrons. The van der Waals surface area contributed by atoms with E-state index in [9.17, 15) is 14.7 Å². The second kappa shape index (κ2) is 5.89. The van der Waals surface area contributed by atoms with Gasteiger partial charge in [-0.05, 0) is 74.0 Å². The lowest BCUT2D eigenvalue weighted by molar-refractivity contribution is -0.168. The molecular weight excluding hydrogens is 380 g/mol. The molecule has 4 aliphatic carbocycles. The molecule has 1 unspecified atom stereocenters. The van der Waals surface area contributed by atoms with Gasteiger partial charge in [-0.15, -0.1) is 0 Å². The van der Waals surface area contributed by atoms with Crippen LogP contribution >= 0.6 is 15.9 Å². The molecule has 4 saturated carbocycles. The molecule has 0 aromatic heterocycles. The van der Waals surface area contributed by atoms with Crippen molar-refractivity contribution in [3.63, 3.8) is 0 Å². The van der Waals surface area contributed by atoms with Crippen LogP contribution in [0.2, 0.25) is 0 Å². The van der Waals surface area contributed by atoms with Gasteiger partial charge in [0.1, 0.15) is 11.4 Å². The fraction of sp³-hybridized carbons (Fsp3) is 0.905. The molecule has 0 amide bonds. The monoisotopic (exact) mass is 410 g/mol. The van der Waals surface area contributed by atoms with Crippen LogP contribution in [0, 0.1) is 34.5 Å². The van der Waals surface area contributed by atoms with Crippen molar-refractivity contribution in [1.82, 2.24) is 0 Å². The molecule has 4 fully saturated rings. The van der Waals surface area contributed by atoms with Crippen LogP contribution in [-0.2, 0) is 9.59 Å². The summed E-state index contributed by atoms with van der Waals surface area (Å²) in [5.74, 6) is 2.72. The highest BCUT2D eigenvalue weighted by atomic mass is 79.9. The topological polar surface area (TPSA) is 54.4 Å². The number of hydrogen-bond donors (Lipinski definition) is 1. The molecule has 1 N–H and O–H groups in total. The predicted octanol–water partition coefficient (Wildman–Crippen LogP) is 4.29. The SMILES string of the molecule is C[C@]12CCC(=O)CC1CC[C@@H]1[C@@H]2CC[C@@]2(C)[C@H]1CC[C@]2(O)C(=O)CBr. The Balaban J connectivity index is 1.64. The van der Waals surface area contributed by atoms with E-state index in [4.69, 9.17) is 0 Å². The Hall–Kier alpha value is -0.220. The van der Waals surface area contributed by atoms with E-state index < -0.39 is 5.60 Å². The third-order valence-electron chi connectivity index (χ3n) is 9.22. The van der Waals surface area contributed by atoms with Crippen molar-refractivity contribution in [3.8, 4) is 0 Å². The highest BCUT2D eigenvalue weighted by molar-refractivity contribution is 9.09. The van der Waals surface area contributed by atoms with Crippen molar-refractivity contribution >= 4 is 27.5 Å². The first kappa shape index (κ1) is 18.2. The fourth-order valence-electron chi connectivity index (χ4n) is 7.63. The first-order chi connectivity index (χ1) is 11.8. The summed E-state index contributed by atoms with van der Waals surface area (Å²) in [6.45, 7) is 4.62. The number of Topliss-reactive ketones (excluding diaryl/α,β-unsaturated/α-hetero) is 2.